The number of nitrogens with two attached hydrogens (primary N) is 1. The molecule has 1 saturated heterocycles. The molecule has 0 aliphatic carbocycles. The lowest BCUT2D eigenvalue weighted by Gasteiger charge is -2.21. The number of carbonyl (C=O) groups excluding carboxylic acids is 2. The van der Waals surface area contributed by atoms with Gasteiger partial charge in [0.25, 0.3) is 0 Å². The molecule has 6 heteroatoms. The van der Waals surface area contributed by atoms with E-state index in [2.05, 4.69) is 15.5 Å². The number of benzene rings is 1. The van der Waals surface area contributed by atoms with Crippen LogP contribution in [0, 0.1) is 5.92 Å². The van der Waals surface area contributed by atoms with E-state index < -0.39 is 6.04 Å². The predicted octanol–water partition coefficient (Wildman–Crippen LogP) is 1.32. The van der Waals surface area contributed by atoms with Crippen LogP contribution in [-0.4, -0.2) is 37.5 Å². The highest BCUT2D eigenvalue weighted by Gasteiger charge is 2.19. The first kappa shape index (κ1) is 17.3. The Balaban J connectivity index is 1.92. The summed E-state index contributed by atoms with van der Waals surface area (Å²) in [7, 11) is 0. The van der Waals surface area contributed by atoms with Crippen molar-refractivity contribution in [3.63, 3.8) is 0 Å². The van der Waals surface area contributed by atoms with Crippen molar-refractivity contribution in [3.8, 4) is 0 Å². The summed E-state index contributed by atoms with van der Waals surface area (Å²) < 4.78 is 0. The smallest absolute Gasteiger partial charge is 0.243 e. The van der Waals surface area contributed by atoms with Crippen molar-refractivity contribution < 1.29 is 9.59 Å². The number of hydrogen-bond donors (Lipinski definition) is 3. The van der Waals surface area contributed by atoms with Crippen LogP contribution in [0.1, 0.15) is 26.7 Å². The van der Waals surface area contributed by atoms with Gasteiger partial charge in [0, 0.05) is 13.1 Å². The molecule has 6 nitrogen and oxygen atoms in total. The van der Waals surface area contributed by atoms with E-state index >= 15 is 0 Å². The zero-order valence-electron chi connectivity index (χ0n) is 13.8. The number of carbonyl (C=O) groups is 2. The molecule has 4 N–H and O–H groups in total. The zero-order valence-corrected chi connectivity index (χ0v) is 13.8. The normalized spacial score (nSPS) is 15.6. The molecule has 2 amide bonds. The SMILES string of the molecule is CC(C)[C@H](N)C(=O)NCC(=O)Nc1ccccc1N1CCCC1. The maximum atomic E-state index is 12.1. The molecule has 1 aliphatic heterocycles. The van der Waals surface area contributed by atoms with Crippen LogP contribution in [0.25, 0.3) is 0 Å². The van der Waals surface area contributed by atoms with E-state index in [1.54, 1.807) is 0 Å². The monoisotopic (exact) mass is 318 g/mol. The van der Waals surface area contributed by atoms with Gasteiger partial charge in [-0.1, -0.05) is 26.0 Å². The van der Waals surface area contributed by atoms with E-state index in [9.17, 15) is 9.59 Å². The van der Waals surface area contributed by atoms with Crippen molar-refractivity contribution in [2.45, 2.75) is 32.7 Å². The minimum Gasteiger partial charge on any atom is -0.370 e. The molecular formula is C17H26N4O2. The van der Waals surface area contributed by atoms with E-state index in [-0.39, 0.29) is 24.3 Å². The van der Waals surface area contributed by atoms with E-state index in [4.69, 9.17) is 5.73 Å². The van der Waals surface area contributed by atoms with Crippen LogP contribution < -0.4 is 21.3 Å². The van der Waals surface area contributed by atoms with Crippen molar-refractivity contribution >= 4 is 23.2 Å². The summed E-state index contributed by atoms with van der Waals surface area (Å²) in [4.78, 5) is 26.2. The minimum absolute atomic E-state index is 0.0361. The molecular weight excluding hydrogens is 292 g/mol. The average molecular weight is 318 g/mol. The van der Waals surface area contributed by atoms with Gasteiger partial charge in [-0.15, -0.1) is 0 Å². The lowest BCUT2D eigenvalue weighted by Crippen LogP contribution is -2.46. The summed E-state index contributed by atoms with van der Waals surface area (Å²) in [5, 5.41) is 5.46. The summed E-state index contributed by atoms with van der Waals surface area (Å²) >= 11 is 0. The lowest BCUT2D eigenvalue weighted by atomic mass is 10.1. The fraction of sp³-hybridized carbons (Fsp3) is 0.529. The van der Waals surface area contributed by atoms with Gasteiger partial charge in [0.05, 0.1) is 24.0 Å². The van der Waals surface area contributed by atoms with E-state index in [1.807, 2.05) is 38.1 Å². The van der Waals surface area contributed by atoms with Crippen molar-refractivity contribution in [1.82, 2.24) is 5.32 Å². The number of hydrogen-bond acceptors (Lipinski definition) is 4. The van der Waals surface area contributed by atoms with Crippen LogP contribution in [0.3, 0.4) is 0 Å². The topological polar surface area (TPSA) is 87.5 Å². The van der Waals surface area contributed by atoms with Gasteiger partial charge in [0.1, 0.15) is 0 Å². The molecule has 0 bridgehead atoms. The Morgan fingerprint density at radius 1 is 1.22 bits per heavy atom. The fourth-order valence-electron chi connectivity index (χ4n) is 2.60. The van der Waals surface area contributed by atoms with Crippen LogP contribution >= 0.6 is 0 Å². The summed E-state index contributed by atoms with van der Waals surface area (Å²) in [6.07, 6.45) is 2.34. The standard InChI is InChI=1S/C17H26N4O2/c1-12(2)16(18)17(23)19-11-15(22)20-13-7-3-4-8-14(13)21-9-5-6-10-21/h3-4,7-8,12,16H,5-6,9-11,18H2,1-2H3,(H,19,23)(H,20,22)/t16-/m0/s1. The summed E-state index contributed by atoms with van der Waals surface area (Å²) in [5.41, 5.74) is 7.57. The van der Waals surface area contributed by atoms with Crippen LogP contribution in [0.4, 0.5) is 11.4 Å². The van der Waals surface area contributed by atoms with Crippen molar-refractivity contribution in [3.05, 3.63) is 24.3 Å². The van der Waals surface area contributed by atoms with Gasteiger partial charge in [-0.25, -0.2) is 0 Å². The molecule has 1 atom stereocenters. The van der Waals surface area contributed by atoms with Crippen LogP contribution in [0.5, 0.6) is 0 Å². The molecule has 126 valence electrons. The van der Waals surface area contributed by atoms with Gasteiger partial charge in [-0.05, 0) is 30.9 Å². The Hall–Kier alpha value is -2.08. The Morgan fingerprint density at radius 2 is 1.87 bits per heavy atom. The van der Waals surface area contributed by atoms with Crippen LogP contribution in [0.2, 0.25) is 0 Å². The van der Waals surface area contributed by atoms with Gasteiger partial charge >= 0.3 is 0 Å². The lowest BCUT2D eigenvalue weighted by molar-refractivity contribution is -0.125. The Bertz CT molecular complexity index is 553. The van der Waals surface area contributed by atoms with E-state index in [0.717, 1.165) is 24.5 Å². The number of anilines is 2. The van der Waals surface area contributed by atoms with Crippen molar-refractivity contribution in [1.29, 1.82) is 0 Å². The van der Waals surface area contributed by atoms with Gasteiger partial charge in [0.2, 0.25) is 11.8 Å². The van der Waals surface area contributed by atoms with Crippen molar-refractivity contribution in [2.75, 3.05) is 29.9 Å². The molecule has 1 fully saturated rings. The third-order valence-electron chi connectivity index (χ3n) is 4.07. The second kappa shape index (κ2) is 7.97. The molecule has 2 rings (SSSR count). The highest BCUT2D eigenvalue weighted by molar-refractivity contribution is 5.97. The molecule has 1 aliphatic rings. The van der Waals surface area contributed by atoms with Gasteiger partial charge in [-0.2, -0.15) is 0 Å². The van der Waals surface area contributed by atoms with Crippen LogP contribution in [0.15, 0.2) is 24.3 Å². The van der Waals surface area contributed by atoms with Gasteiger partial charge < -0.3 is 21.3 Å². The second-order valence-corrected chi connectivity index (χ2v) is 6.25. The molecule has 1 heterocycles. The molecule has 0 unspecified atom stereocenters. The summed E-state index contributed by atoms with van der Waals surface area (Å²) in [6.45, 7) is 5.68. The number of para-hydroxylation sites is 2. The summed E-state index contributed by atoms with van der Waals surface area (Å²) in [5.74, 6) is -0.516. The second-order valence-electron chi connectivity index (χ2n) is 6.25. The van der Waals surface area contributed by atoms with Gasteiger partial charge in [0.15, 0.2) is 0 Å². The number of nitrogens with zero attached hydrogens (tertiary/aromatic N) is 1. The van der Waals surface area contributed by atoms with Crippen LogP contribution in [-0.2, 0) is 9.59 Å². The predicted molar refractivity (Wildman–Crippen MR) is 92.3 cm³/mol. The summed E-state index contributed by atoms with van der Waals surface area (Å²) in [6, 6.07) is 7.15. The highest BCUT2D eigenvalue weighted by atomic mass is 16.2. The average Bonchev–Trinajstić information content (AvgIpc) is 3.06. The third kappa shape index (κ3) is 4.69. The molecule has 0 saturated carbocycles. The Labute approximate surface area is 137 Å². The quantitative estimate of drug-likeness (QED) is 0.738. The maximum Gasteiger partial charge on any atom is 0.243 e. The number of rotatable bonds is 6. The molecule has 23 heavy (non-hydrogen) atoms. The molecule has 0 radical (unpaired) electrons. The first-order chi connectivity index (χ1) is 11.0. The maximum absolute atomic E-state index is 12.1. The van der Waals surface area contributed by atoms with E-state index in [0.29, 0.717) is 0 Å². The van der Waals surface area contributed by atoms with Gasteiger partial charge in [-0.3, -0.25) is 9.59 Å². The van der Waals surface area contributed by atoms with E-state index in [1.165, 1.54) is 12.8 Å². The molecule has 0 spiro atoms. The Morgan fingerprint density at radius 3 is 2.52 bits per heavy atom. The first-order valence-electron chi connectivity index (χ1n) is 8.16. The van der Waals surface area contributed by atoms with Crippen molar-refractivity contribution in [2.24, 2.45) is 11.7 Å². The minimum atomic E-state index is -0.598. The molecule has 1 aromatic carbocycles. The number of amides is 2. The zero-order chi connectivity index (χ0) is 16.8. The molecule has 0 aromatic heterocycles. The first-order valence-corrected chi connectivity index (χ1v) is 8.16. The Kier molecular flexibility index (Phi) is 5.98. The third-order valence-corrected chi connectivity index (χ3v) is 4.07. The number of nitrogens with one attached hydrogen (secondary N) is 2. The largest absolute Gasteiger partial charge is 0.370 e. The molecule has 1 aromatic rings. The highest BCUT2D eigenvalue weighted by Crippen LogP contribution is 2.28. The fourth-order valence-corrected chi connectivity index (χ4v) is 2.60.